The van der Waals surface area contributed by atoms with Crippen LogP contribution >= 0.6 is 0 Å². The van der Waals surface area contributed by atoms with Gasteiger partial charge >= 0.3 is 5.97 Å². The van der Waals surface area contributed by atoms with Gasteiger partial charge in [0.05, 0.1) is 11.3 Å². The third-order valence-corrected chi connectivity index (χ3v) is 2.14. The fraction of sp³-hybridized carbons (Fsp3) is 0.364. The van der Waals surface area contributed by atoms with E-state index in [0.717, 1.165) is 18.9 Å². The molecule has 0 spiro atoms. The summed E-state index contributed by atoms with van der Waals surface area (Å²) in [5.74, 6) is -3.49. The minimum Gasteiger partial charge on any atom is -0.478 e. The summed E-state index contributed by atoms with van der Waals surface area (Å²) >= 11 is 0. The molecule has 0 aliphatic rings. The molecule has 0 fully saturated rings. The van der Waals surface area contributed by atoms with E-state index in [9.17, 15) is 13.6 Å². The standard InChI is InChI=1S/C11H13F2NO2/c1-2-3-4-14-10-6-9(13)8(12)5-7(10)11(15)16/h5-6,14H,2-4H2,1H3,(H,15,16). The van der Waals surface area contributed by atoms with Crippen molar-refractivity contribution >= 4 is 11.7 Å². The molecule has 0 aliphatic heterocycles. The maximum Gasteiger partial charge on any atom is 0.337 e. The van der Waals surface area contributed by atoms with E-state index >= 15 is 0 Å². The van der Waals surface area contributed by atoms with Crippen LogP contribution < -0.4 is 5.32 Å². The number of carboxylic acid groups (broad SMARTS) is 1. The normalized spacial score (nSPS) is 10.2. The second-order valence-electron chi connectivity index (χ2n) is 3.40. The first-order chi connectivity index (χ1) is 7.56. The highest BCUT2D eigenvalue weighted by atomic mass is 19.2. The highest BCUT2D eigenvalue weighted by Gasteiger charge is 2.14. The Bertz CT molecular complexity index is 394. The van der Waals surface area contributed by atoms with Crippen LogP contribution in [0.2, 0.25) is 0 Å². The molecule has 88 valence electrons. The Balaban J connectivity index is 2.95. The number of halogens is 2. The largest absolute Gasteiger partial charge is 0.478 e. The SMILES string of the molecule is CCCCNc1cc(F)c(F)cc1C(=O)O. The van der Waals surface area contributed by atoms with Gasteiger partial charge in [-0.25, -0.2) is 13.6 Å². The van der Waals surface area contributed by atoms with E-state index in [-0.39, 0.29) is 11.3 Å². The third-order valence-electron chi connectivity index (χ3n) is 2.14. The number of benzene rings is 1. The molecular formula is C11H13F2NO2. The van der Waals surface area contributed by atoms with Crippen LogP contribution in [0.1, 0.15) is 30.1 Å². The lowest BCUT2D eigenvalue weighted by molar-refractivity contribution is 0.0697. The zero-order valence-corrected chi connectivity index (χ0v) is 8.89. The number of rotatable bonds is 5. The molecule has 0 aliphatic carbocycles. The van der Waals surface area contributed by atoms with E-state index in [1.165, 1.54) is 0 Å². The number of unbranched alkanes of at least 4 members (excludes halogenated alkanes) is 1. The molecule has 3 nitrogen and oxygen atoms in total. The minimum absolute atomic E-state index is 0.111. The maximum absolute atomic E-state index is 12.9. The highest BCUT2D eigenvalue weighted by molar-refractivity contribution is 5.94. The smallest absolute Gasteiger partial charge is 0.337 e. The highest BCUT2D eigenvalue weighted by Crippen LogP contribution is 2.20. The minimum atomic E-state index is -1.28. The van der Waals surface area contributed by atoms with Crippen molar-refractivity contribution in [3.8, 4) is 0 Å². The molecule has 16 heavy (non-hydrogen) atoms. The summed E-state index contributed by atoms with van der Waals surface area (Å²) in [7, 11) is 0. The molecule has 5 heteroatoms. The summed E-state index contributed by atoms with van der Waals surface area (Å²) < 4.78 is 25.8. The third kappa shape index (κ3) is 2.92. The monoisotopic (exact) mass is 229 g/mol. The first kappa shape index (κ1) is 12.4. The zero-order chi connectivity index (χ0) is 12.1. The van der Waals surface area contributed by atoms with Crippen molar-refractivity contribution in [1.82, 2.24) is 0 Å². The van der Waals surface area contributed by atoms with E-state index in [1.807, 2.05) is 6.92 Å². The van der Waals surface area contributed by atoms with E-state index in [2.05, 4.69) is 5.32 Å². The summed E-state index contributed by atoms with van der Waals surface area (Å²) in [6.45, 7) is 2.51. The number of aromatic carboxylic acids is 1. The molecule has 0 bridgehead atoms. The molecule has 2 N–H and O–H groups in total. The fourth-order valence-corrected chi connectivity index (χ4v) is 1.27. The van der Waals surface area contributed by atoms with Gasteiger partial charge in [-0.2, -0.15) is 0 Å². The van der Waals surface area contributed by atoms with Crippen molar-refractivity contribution in [2.75, 3.05) is 11.9 Å². The van der Waals surface area contributed by atoms with Crippen molar-refractivity contribution in [3.05, 3.63) is 29.3 Å². The summed E-state index contributed by atoms with van der Waals surface area (Å²) in [6, 6.07) is 1.56. The molecule has 0 heterocycles. The molecule has 0 aromatic heterocycles. The Morgan fingerprint density at radius 1 is 1.38 bits per heavy atom. The van der Waals surface area contributed by atoms with Gasteiger partial charge in [-0.05, 0) is 12.5 Å². The lowest BCUT2D eigenvalue weighted by Crippen LogP contribution is -2.09. The number of nitrogens with one attached hydrogen (secondary N) is 1. The van der Waals surface area contributed by atoms with Crippen LogP contribution in [-0.2, 0) is 0 Å². The van der Waals surface area contributed by atoms with Crippen LogP contribution in [0.3, 0.4) is 0 Å². The van der Waals surface area contributed by atoms with Crippen LogP contribution in [0.5, 0.6) is 0 Å². The Hall–Kier alpha value is -1.65. The summed E-state index contributed by atoms with van der Waals surface area (Å²) in [5, 5.41) is 11.6. The van der Waals surface area contributed by atoms with Crippen molar-refractivity contribution in [2.45, 2.75) is 19.8 Å². The first-order valence-electron chi connectivity index (χ1n) is 5.02. The Labute approximate surface area is 92.1 Å². The topological polar surface area (TPSA) is 49.3 Å². The predicted molar refractivity (Wildman–Crippen MR) is 56.7 cm³/mol. The van der Waals surface area contributed by atoms with Crippen LogP contribution in [0.4, 0.5) is 14.5 Å². The van der Waals surface area contributed by atoms with Gasteiger partial charge < -0.3 is 10.4 Å². The van der Waals surface area contributed by atoms with Crippen molar-refractivity contribution in [1.29, 1.82) is 0 Å². The van der Waals surface area contributed by atoms with Crippen LogP contribution in [0.25, 0.3) is 0 Å². The van der Waals surface area contributed by atoms with E-state index < -0.39 is 17.6 Å². The van der Waals surface area contributed by atoms with Gasteiger partial charge in [-0.15, -0.1) is 0 Å². The molecule has 1 aromatic rings. The van der Waals surface area contributed by atoms with Gasteiger partial charge in [0.1, 0.15) is 0 Å². The second kappa shape index (κ2) is 5.44. The maximum atomic E-state index is 12.9. The van der Waals surface area contributed by atoms with Gasteiger partial charge in [0.25, 0.3) is 0 Å². The van der Waals surface area contributed by atoms with Crippen molar-refractivity contribution < 1.29 is 18.7 Å². The Kier molecular flexibility index (Phi) is 4.22. The lowest BCUT2D eigenvalue weighted by atomic mass is 10.1. The van der Waals surface area contributed by atoms with Crippen LogP contribution in [0, 0.1) is 11.6 Å². The van der Waals surface area contributed by atoms with E-state index in [4.69, 9.17) is 5.11 Å². The number of anilines is 1. The average molecular weight is 229 g/mol. The summed E-state index contributed by atoms with van der Waals surface area (Å²) in [4.78, 5) is 10.8. The Morgan fingerprint density at radius 2 is 2.00 bits per heavy atom. The molecular weight excluding hydrogens is 216 g/mol. The zero-order valence-electron chi connectivity index (χ0n) is 8.89. The lowest BCUT2D eigenvalue weighted by Gasteiger charge is -2.09. The van der Waals surface area contributed by atoms with Crippen LogP contribution in [-0.4, -0.2) is 17.6 Å². The van der Waals surface area contributed by atoms with Gasteiger partial charge in [0, 0.05) is 12.6 Å². The summed E-state index contributed by atoms with van der Waals surface area (Å²) in [5.41, 5.74) is -0.144. The molecule has 0 saturated carbocycles. The molecule has 0 amide bonds. The molecule has 1 rings (SSSR count). The first-order valence-corrected chi connectivity index (χ1v) is 5.02. The molecule has 1 aromatic carbocycles. The van der Waals surface area contributed by atoms with E-state index in [0.29, 0.717) is 12.6 Å². The van der Waals surface area contributed by atoms with Crippen molar-refractivity contribution in [3.63, 3.8) is 0 Å². The number of hydrogen-bond acceptors (Lipinski definition) is 2. The van der Waals surface area contributed by atoms with Gasteiger partial charge in [-0.1, -0.05) is 13.3 Å². The fourth-order valence-electron chi connectivity index (χ4n) is 1.27. The number of carboxylic acids is 1. The molecule has 0 radical (unpaired) electrons. The van der Waals surface area contributed by atoms with Gasteiger partial charge in [-0.3, -0.25) is 0 Å². The van der Waals surface area contributed by atoms with Crippen LogP contribution in [0.15, 0.2) is 12.1 Å². The average Bonchev–Trinajstić information content (AvgIpc) is 2.23. The van der Waals surface area contributed by atoms with E-state index in [1.54, 1.807) is 0 Å². The molecule has 0 atom stereocenters. The van der Waals surface area contributed by atoms with Gasteiger partial charge in [0.15, 0.2) is 11.6 Å². The number of hydrogen-bond donors (Lipinski definition) is 2. The quantitative estimate of drug-likeness (QED) is 0.763. The predicted octanol–water partition coefficient (Wildman–Crippen LogP) is 2.88. The second-order valence-corrected chi connectivity index (χ2v) is 3.40. The molecule has 0 saturated heterocycles. The molecule has 0 unspecified atom stereocenters. The van der Waals surface area contributed by atoms with Crippen molar-refractivity contribution in [2.24, 2.45) is 0 Å². The Morgan fingerprint density at radius 3 is 2.56 bits per heavy atom. The summed E-state index contributed by atoms with van der Waals surface area (Å²) in [6.07, 6.45) is 1.76. The van der Waals surface area contributed by atoms with Gasteiger partial charge in [0.2, 0.25) is 0 Å². The number of carbonyl (C=O) groups is 1.